The van der Waals surface area contributed by atoms with Gasteiger partial charge in [0, 0.05) is 37.5 Å². The Morgan fingerprint density at radius 3 is 2.61 bits per heavy atom. The third-order valence-electron chi connectivity index (χ3n) is 7.53. The smallest absolute Gasteiger partial charge is 0.0761 e. The standard InChI is InChI=1S/C29H46N2O2/c1-20(2)31(21(3)4)14-13-30-12-11-24-16-25-19-29(33)27(28(25)18-24)10-9-26(32)17-23-8-6-7-22(5)15-23/h6-10,15-16,20-21,25-30,32-33H,11-14,17-19H2,1-5H3/t25-,26-,27+,28-,29+/m0/s1. The van der Waals surface area contributed by atoms with Crippen LogP contribution in [0, 0.1) is 24.7 Å². The molecule has 2 aliphatic rings. The first-order chi connectivity index (χ1) is 15.7. The molecule has 0 radical (unpaired) electrons. The van der Waals surface area contributed by atoms with Gasteiger partial charge in [-0.25, -0.2) is 0 Å². The second kappa shape index (κ2) is 12.3. The molecule has 1 saturated carbocycles. The van der Waals surface area contributed by atoms with Crippen LogP contribution < -0.4 is 5.32 Å². The van der Waals surface area contributed by atoms with E-state index in [9.17, 15) is 10.2 Å². The number of aryl methyl sites for hydroxylation is 1. The molecule has 0 spiro atoms. The number of nitrogens with zero attached hydrogens (tertiary/aromatic N) is 1. The van der Waals surface area contributed by atoms with E-state index in [4.69, 9.17) is 0 Å². The van der Waals surface area contributed by atoms with Crippen LogP contribution in [0.4, 0.5) is 0 Å². The largest absolute Gasteiger partial charge is 0.392 e. The molecule has 0 heterocycles. The number of aliphatic hydroxyl groups excluding tert-OH is 2. The molecule has 184 valence electrons. The van der Waals surface area contributed by atoms with Crippen molar-refractivity contribution in [2.45, 2.75) is 84.6 Å². The van der Waals surface area contributed by atoms with Crippen molar-refractivity contribution in [1.29, 1.82) is 0 Å². The molecule has 1 aromatic carbocycles. The second-order valence-corrected chi connectivity index (χ2v) is 10.8. The zero-order chi connectivity index (χ0) is 24.0. The summed E-state index contributed by atoms with van der Waals surface area (Å²) in [7, 11) is 0. The van der Waals surface area contributed by atoms with Crippen molar-refractivity contribution in [2.75, 3.05) is 19.6 Å². The first-order valence-electron chi connectivity index (χ1n) is 13.0. The van der Waals surface area contributed by atoms with Gasteiger partial charge in [-0.1, -0.05) is 53.6 Å². The van der Waals surface area contributed by atoms with Crippen LogP contribution >= 0.6 is 0 Å². The molecule has 3 rings (SSSR count). The Bertz CT molecular complexity index is 793. The van der Waals surface area contributed by atoms with E-state index >= 15 is 0 Å². The van der Waals surface area contributed by atoms with E-state index in [2.05, 4.69) is 75.2 Å². The predicted octanol–water partition coefficient (Wildman–Crippen LogP) is 4.50. The maximum absolute atomic E-state index is 10.6. The van der Waals surface area contributed by atoms with Crippen LogP contribution in [0.5, 0.6) is 0 Å². The van der Waals surface area contributed by atoms with E-state index in [1.165, 1.54) is 11.1 Å². The normalized spacial score (nSPS) is 26.1. The monoisotopic (exact) mass is 454 g/mol. The van der Waals surface area contributed by atoms with Crippen molar-refractivity contribution in [3.8, 4) is 0 Å². The number of hydrogen-bond acceptors (Lipinski definition) is 4. The van der Waals surface area contributed by atoms with Gasteiger partial charge in [0.05, 0.1) is 12.2 Å². The predicted molar refractivity (Wildman–Crippen MR) is 138 cm³/mol. The molecule has 0 saturated heterocycles. The number of nitrogens with one attached hydrogen (secondary N) is 1. The van der Waals surface area contributed by atoms with E-state index in [1.807, 2.05) is 12.1 Å². The molecule has 33 heavy (non-hydrogen) atoms. The molecule has 1 aromatic rings. The Morgan fingerprint density at radius 2 is 1.91 bits per heavy atom. The van der Waals surface area contributed by atoms with Gasteiger partial charge in [-0.05, 0) is 77.8 Å². The Kier molecular flexibility index (Phi) is 9.75. The molecule has 0 bridgehead atoms. The quantitative estimate of drug-likeness (QED) is 0.322. The highest BCUT2D eigenvalue weighted by atomic mass is 16.3. The van der Waals surface area contributed by atoms with E-state index in [1.54, 1.807) is 0 Å². The topological polar surface area (TPSA) is 55.7 Å². The fourth-order valence-electron chi connectivity index (χ4n) is 5.89. The maximum Gasteiger partial charge on any atom is 0.0761 e. The fraction of sp³-hybridized carbons (Fsp3) is 0.655. The lowest BCUT2D eigenvalue weighted by molar-refractivity contribution is 0.140. The van der Waals surface area contributed by atoms with Gasteiger partial charge in [-0.3, -0.25) is 4.90 Å². The zero-order valence-electron chi connectivity index (χ0n) is 21.4. The molecule has 0 aromatic heterocycles. The van der Waals surface area contributed by atoms with Crippen LogP contribution in [0.25, 0.3) is 0 Å². The van der Waals surface area contributed by atoms with E-state index in [0.29, 0.717) is 30.3 Å². The minimum Gasteiger partial charge on any atom is -0.392 e. The van der Waals surface area contributed by atoms with Gasteiger partial charge in [-0.15, -0.1) is 0 Å². The van der Waals surface area contributed by atoms with Crippen molar-refractivity contribution in [1.82, 2.24) is 10.2 Å². The summed E-state index contributed by atoms with van der Waals surface area (Å²) < 4.78 is 0. The lowest BCUT2D eigenvalue weighted by Crippen LogP contribution is -2.41. The van der Waals surface area contributed by atoms with Crippen LogP contribution in [0.2, 0.25) is 0 Å². The van der Waals surface area contributed by atoms with Crippen LogP contribution in [0.1, 0.15) is 58.1 Å². The summed E-state index contributed by atoms with van der Waals surface area (Å²) in [5.74, 6) is 1.11. The van der Waals surface area contributed by atoms with Gasteiger partial charge in [-0.2, -0.15) is 0 Å². The summed E-state index contributed by atoms with van der Waals surface area (Å²) in [5, 5.41) is 24.8. The summed E-state index contributed by atoms with van der Waals surface area (Å²) in [4.78, 5) is 2.53. The zero-order valence-corrected chi connectivity index (χ0v) is 21.4. The Morgan fingerprint density at radius 1 is 1.15 bits per heavy atom. The number of allylic oxidation sites excluding steroid dienone is 1. The highest BCUT2D eigenvalue weighted by Crippen LogP contribution is 2.47. The van der Waals surface area contributed by atoms with Crippen molar-refractivity contribution in [2.24, 2.45) is 17.8 Å². The number of rotatable bonds is 12. The molecule has 0 unspecified atom stereocenters. The summed E-state index contributed by atoms with van der Waals surface area (Å²) in [5.41, 5.74) is 3.90. The van der Waals surface area contributed by atoms with Crippen molar-refractivity contribution in [3.63, 3.8) is 0 Å². The van der Waals surface area contributed by atoms with Crippen LogP contribution in [0.15, 0.2) is 48.1 Å². The number of fused-ring (bicyclic) bond motifs is 1. The molecular weight excluding hydrogens is 408 g/mol. The lowest BCUT2D eigenvalue weighted by Gasteiger charge is -2.30. The summed E-state index contributed by atoms with van der Waals surface area (Å²) in [6.45, 7) is 14.3. The average molecular weight is 455 g/mol. The van der Waals surface area contributed by atoms with Crippen LogP contribution in [-0.4, -0.2) is 59.0 Å². The second-order valence-electron chi connectivity index (χ2n) is 10.8. The molecule has 0 amide bonds. The minimum atomic E-state index is -0.507. The van der Waals surface area contributed by atoms with E-state index in [0.717, 1.165) is 44.5 Å². The van der Waals surface area contributed by atoms with E-state index < -0.39 is 6.10 Å². The lowest BCUT2D eigenvalue weighted by atomic mass is 9.88. The van der Waals surface area contributed by atoms with Gasteiger partial charge in [0.1, 0.15) is 0 Å². The molecule has 1 fully saturated rings. The summed E-state index contributed by atoms with van der Waals surface area (Å²) >= 11 is 0. The molecule has 4 nitrogen and oxygen atoms in total. The van der Waals surface area contributed by atoms with Gasteiger partial charge < -0.3 is 15.5 Å². The Hall–Kier alpha value is -1.46. The first kappa shape index (κ1) is 26.2. The molecule has 5 atom stereocenters. The Balaban J connectivity index is 1.43. The van der Waals surface area contributed by atoms with Crippen LogP contribution in [0.3, 0.4) is 0 Å². The number of aliphatic hydroxyl groups is 2. The maximum atomic E-state index is 10.6. The Labute approximate surface area is 201 Å². The molecule has 4 heteroatoms. The minimum absolute atomic E-state index is 0.148. The van der Waals surface area contributed by atoms with Crippen molar-refractivity contribution in [3.05, 3.63) is 59.2 Å². The molecule has 2 aliphatic carbocycles. The van der Waals surface area contributed by atoms with Crippen LogP contribution in [-0.2, 0) is 6.42 Å². The summed E-state index contributed by atoms with van der Waals surface area (Å²) in [6, 6.07) is 9.47. The molecule has 3 N–H and O–H groups in total. The molecular formula is C29H46N2O2. The highest BCUT2D eigenvalue weighted by molar-refractivity contribution is 5.24. The van der Waals surface area contributed by atoms with Gasteiger partial charge >= 0.3 is 0 Å². The third-order valence-corrected chi connectivity index (χ3v) is 7.53. The number of benzene rings is 1. The van der Waals surface area contributed by atoms with Gasteiger partial charge in [0.25, 0.3) is 0 Å². The fourth-order valence-corrected chi connectivity index (χ4v) is 5.89. The molecule has 0 aliphatic heterocycles. The highest BCUT2D eigenvalue weighted by Gasteiger charge is 2.43. The number of hydrogen-bond donors (Lipinski definition) is 3. The van der Waals surface area contributed by atoms with Crippen molar-refractivity contribution >= 4 is 0 Å². The third kappa shape index (κ3) is 7.51. The summed E-state index contributed by atoms with van der Waals surface area (Å²) in [6.07, 6.45) is 9.28. The van der Waals surface area contributed by atoms with E-state index in [-0.39, 0.29) is 12.0 Å². The SMILES string of the molecule is Cc1cccc(C[C@@H](O)C=C[C@@H]2[C@H]3CC(CCNCCN(C(C)C)C(C)C)=C[C@H]3C[C@H]2O)c1. The van der Waals surface area contributed by atoms with Gasteiger partial charge in [0.15, 0.2) is 0 Å². The average Bonchev–Trinajstić information content (AvgIpc) is 3.24. The first-order valence-corrected chi connectivity index (χ1v) is 13.0. The van der Waals surface area contributed by atoms with Crippen molar-refractivity contribution < 1.29 is 10.2 Å². The van der Waals surface area contributed by atoms with Gasteiger partial charge in [0.2, 0.25) is 0 Å².